The summed E-state index contributed by atoms with van der Waals surface area (Å²) in [5.74, 6) is 0. The zero-order valence-electron chi connectivity index (χ0n) is 10.3. The van der Waals surface area contributed by atoms with Gasteiger partial charge in [-0.15, -0.1) is 11.3 Å². The summed E-state index contributed by atoms with van der Waals surface area (Å²) < 4.78 is 6.58. The molecule has 0 amide bonds. The molecule has 0 spiro atoms. The van der Waals surface area contributed by atoms with Crippen molar-refractivity contribution < 1.29 is 4.74 Å². The summed E-state index contributed by atoms with van der Waals surface area (Å²) in [6, 6.07) is 6.34. The highest BCUT2D eigenvalue weighted by Crippen LogP contribution is 2.21. The third-order valence-electron chi connectivity index (χ3n) is 3.19. The molecule has 5 heteroatoms. The van der Waals surface area contributed by atoms with Gasteiger partial charge in [-0.3, -0.25) is 4.90 Å². The van der Waals surface area contributed by atoms with Crippen molar-refractivity contribution in [2.24, 2.45) is 0 Å². The molecule has 2 heterocycles. The van der Waals surface area contributed by atoms with E-state index in [4.69, 9.17) is 4.74 Å². The molecule has 96 valence electrons. The van der Waals surface area contributed by atoms with E-state index in [1.807, 2.05) is 5.51 Å². The van der Waals surface area contributed by atoms with Crippen molar-refractivity contribution in [1.82, 2.24) is 9.88 Å². The van der Waals surface area contributed by atoms with Crippen LogP contribution in [-0.2, 0) is 4.74 Å². The number of ether oxygens (including phenoxy) is 1. The summed E-state index contributed by atoms with van der Waals surface area (Å²) >= 11 is 1.68. The fourth-order valence-corrected chi connectivity index (χ4v) is 2.86. The third-order valence-corrected chi connectivity index (χ3v) is 3.98. The van der Waals surface area contributed by atoms with Gasteiger partial charge < -0.3 is 10.1 Å². The number of nitrogens with one attached hydrogen (secondary N) is 1. The summed E-state index contributed by atoms with van der Waals surface area (Å²) in [6.45, 7) is 5.89. The number of aromatic nitrogens is 1. The molecular formula is C13H17N3OS. The number of anilines is 1. The predicted molar refractivity (Wildman–Crippen MR) is 75.4 cm³/mol. The lowest BCUT2D eigenvalue weighted by atomic mass is 10.3. The maximum absolute atomic E-state index is 5.34. The van der Waals surface area contributed by atoms with Crippen molar-refractivity contribution in [1.29, 1.82) is 0 Å². The van der Waals surface area contributed by atoms with Crippen LogP contribution in [0.15, 0.2) is 23.7 Å². The van der Waals surface area contributed by atoms with E-state index in [0.29, 0.717) is 0 Å². The average Bonchev–Trinajstić information content (AvgIpc) is 2.87. The van der Waals surface area contributed by atoms with Crippen LogP contribution in [-0.4, -0.2) is 49.3 Å². The highest BCUT2D eigenvalue weighted by Gasteiger charge is 2.09. The van der Waals surface area contributed by atoms with Gasteiger partial charge in [-0.2, -0.15) is 0 Å². The summed E-state index contributed by atoms with van der Waals surface area (Å²) in [7, 11) is 0. The normalized spacial score (nSPS) is 17.1. The number of thiazole rings is 1. The summed E-state index contributed by atoms with van der Waals surface area (Å²) in [5, 5.41) is 3.47. The topological polar surface area (TPSA) is 37.4 Å². The molecule has 1 aliphatic rings. The molecule has 2 aromatic rings. The zero-order valence-corrected chi connectivity index (χ0v) is 11.1. The van der Waals surface area contributed by atoms with Crippen LogP contribution in [0.4, 0.5) is 5.69 Å². The second-order valence-corrected chi connectivity index (χ2v) is 5.30. The van der Waals surface area contributed by atoms with Crippen molar-refractivity contribution in [2.75, 3.05) is 44.7 Å². The molecule has 0 saturated carbocycles. The Morgan fingerprint density at radius 3 is 3.11 bits per heavy atom. The molecule has 4 nitrogen and oxygen atoms in total. The maximum Gasteiger partial charge on any atom is 0.0813 e. The highest BCUT2D eigenvalue weighted by atomic mass is 32.1. The Balaban J connectivity index is 1.52. The average molecular weight is 263 g/mol. The highest BCUT2D eigenvalue weighted by molar-refractivity contribution is 7.16. The van der Waals surface area contributed by atoms with Crippen LogP contribution in [0, 0.1) is 0 Å². The minimum absolute atomic E-state index is 0.868. The van der Waals surface area contributed by atoms with Gasteiger partial charge in [-0.1, -0.05) is 0 Å². The van der Waals surface area contributed by atoms with Gasteiger partial charge in [0.2, 0.25) is 0 Å². The molecule has 18 heavy (non-hydrogen) atoms. The maximum atomic E-state index is 5.34. The molecule has 1 aliphatic heterocycles. The van der Waals surface area contributed by atoms with Crippen molar-refractivity contribution in [2.45, 2.75) is 0 Å². The molecule has 0 atom stereocenters. The second kappa shape index (κ2) is 5.65. The van der Waals surface area contributed by atoms with Gasteiger partial charge >= 0.3 is 0 Å². The standard InChI is InChI=1S/C13H17N3OS/c1-2-12-13(18-10-15-12)9-11(1)14-3-4-16-5-7-17-8-6-16/h1-2,9-10,14H,3-8H2. The molecule has 0 aliphatic carbocycles. The Morgan fingerprint density at radius 1 is 1.33 bits per heavy atom. The van der Waals surface area contributed by atoms with Crippen LogP contribution in [0.2, 0.25) is 0 Å². The molecule has 0 bridgehead atoms. The van der Waals surface area contributed by atoms with Gasteiger partial charge in [-0.25, -0.2) is 4.98 Å². The fraction of sp³-hybridized carbons (Fsp3) is 0.462. The van der Waals surface area contributed by atoms with E-state index in [9.17, 15) is 0 Å². The van der Waals surface area contributed by atoms with Crippen molar-refractivity contribution in [3.05, 3.63) is 23.7 Å². The Morgan fingerprint density at radius 2 is 2.22 bits per heavy atom. The van der Waals surface area contributed by atoms with Crippen molar-refractivity contribution >= 4 is 27.2 Å². The van der Waals surface area contributed by atoms with Gasteiger partial charge in [-0.05, 0) is 18.2 Å². The van der Waals surface area contributed by atoms with Gasteiger partial charge in [0.1, 0.15) is 0 Å². The fourth-order valence-electron chi connectivity index (χ4n) is 2.15. The number of benzene rings is 1. The molecule has 0 radical (unpaired) electrons. The van der Waals surface area contributed by atoms with Crippen LogP contribution in [0.25, 0.3) is 10.2 Å². The van der Waals surface area contributed by atoms with E-state index >= 15 is 0 Å². The lowest BCUT2D eigenvalue weighted by molar-refractivity contribution is 0.0398. The summed E-state index contributed by atoms with van der Waals surface area (Å²) in [4.78, 5) is 6.71. The lowest BCUT2D eigenvalue weighted by Crippen LogP contribution is -2.38. The Bertz CT molecular complexity index is 508. The smallest absolute Gasteiger partial charge is 0.0813 e. The Labute approximate surface area is 111 Å². The van der Waals surface area contributed by atoms with Gasteiger partial charge in [0, 0.05) is 31.9 Å². The SMILES string of the molecule is c1nc2ccc(NCCN3CCOCC3)cc2s1. The number of hydrogen-bond donors (Lipinski definition) is 1. The number of morpholine rings is 1. The van der Waals surface area contributed by atoms with E-state index in [1.165, 1.54) is 10.4 Å². The monoisotopic (exact) mass is 263 g/mol. The van der Waals surface area contributed by atoms with E-state index in [1.54, 1.807) is 11.3 Å². The van der Waals surface area contributed by atoms with Gasteiger partial charge in [0.25, 0.3) is 0 Å². The largest absolute Gasteiger partial charge is 0.384 e. The molecule has 1 N–H and O–H groups in total. The first-order valence-corrected chi connectivity index (χ1v) is 7.17. The van der Waals surface area contributed by atoms with Crippen LogP contribution in [0.3, 0.4) is 0 Å². The van der Waals surface area contributed by atoms with Crippen LogP contribution in [0.1, 0.15) is 0 Å². The summed E-state index contributed by atoms with van der Waals surface area (Å²) in [6.07, 6.45) is 0. The van der Waals surface area contributed by atoms with E-state index < -0.39 is 0 Å². The molecule has 1 aromatic carbocycles. The van der Waals surface area contributed by atoms with Crippen LogP contribution in [0.5, 0.6) is 0 Å². The second-order valence-electron chi connectivity index (χ2n) is 4.42. The molecular weight excluding hydrogens is 246 g/mol. The first-order chi connectivity index (χ1) is 8.92. The summed E-state index contributed by atoms with van der Waals surface area (Å²) in [5.41, 5.74) is 4.15. The number of nitrogens with zero attached hydrogens (tertiary/aromatic N) is 2. The quantitative estimate of drug-likeness (QED) is 0.916. The van der Waals surface area contributed by atoms with E-state index in [2.05, 4.69) is 33.4 Å². The number of rotatable bonds is 4. The van der Waals surface area contributed by atoms with E-state index in [-0.39, 0.29) is 0 Å². The Kier molecular flexibility index (Phi) is 3.73. The number of fused-ring (bicyclic) bond motifs is 1. The van der Waals surface area contributed by atoms with Crippen molar-refractivity contribution in [3.8, 4) is 0 Å². The minimum Gasteiger partial charge on any atom is -0.384 e. The molecule has 1 aromatic heterocycles. The van der Waals surface area contributed by atoms with Gasteiger partial charge in [0.05, 0.1) is 28.9 Å². The van der Waals surface area contributed by atoms with E-state index in [0.717, 1.165) is 44.9 Å². The van der Waals surface area contributed by atoms with Crippen molar-refractivity contribution in [3.63, 3.8) is 0 Å². The third kappa shape index (κ3) is 2.80. The first-order valence-electron chi connectivity index (χ1n) is 6.29. The first kappa shape index (κ1) is 11.9. The lowest BCUT2D eigenvalue weighted by Gasteiger charge is -2.26. The predicted octanol–water partition coefficient (Wildman–Crippen LogP) is 2.04. The molecule has 1 fully saturated rings. The zero-order chi connectivity index (χ0) is 12.2. The van der Waals surface area contributed by atoms with Gasteiger partial charge in [0.15, 0.2) is 0 Å². The Hall–Kier alpha value is -1.17. The van der Waals surface area contributed by atoms with Crippen LogP contribution >= 0.6 is 11.3 Å². The van der Waals surface area contributed by atoms with Crippen LogP contribution < -0.4 is 5.32 Å². The number of hydrogen-bond acceptors (Lipinski definition) is 5. The minimum atomic E-state index is 0.868. The molecule has 0 unspecified atom stereocenters. The molecule has 3 rings (SSSR count). The molecule has 1 saturated heterocycles.